The maximum atomic E-state index is 12.5. The van der Waals surface area contributed by atoms with Gasteiger partial charge in [0.1, 0.15) is 11.8 Å². The molecule has 1 N–H and O–H groups in total. The highest BCUT2D eigenvalue weighted by molar-refractivity contribution is 6.07. The lowest BCUT2D eigenvalue weighted by atomic mass is 10.1. The molecule has 3 aromatic rings. The van der Waals surface area contributed by atoms with Gasteiger partial charge in [-0.05, 0) is 44.2 Å². The van der Waals surface area contributed by atoms with Gasteiger partial charge < -0.3 is 9.73 Å². The van der Waals surface area contributed by atoms with Gasteiger partial charge in [-0.15, -0.1) is 0 Å². The standard InChI is InChI=1S/C21H17NO4/c1-13-7-9-19-17(11-13)21(25)15(12-26-19)8-10-20(24)22-18-6-4-3-5-16(18)14(2)23/h3-12H,1-2H3,(H,22,24)/b10-8+. The minimum atomic E-state index is -0.442. The van der Waals surface area contributed by atoms with Crippen LogP contribution in [0, 0.1) is 6.92 Å². The summed E-state index contributed by atoms with van der Waals surface area (Å²) >= 11 is 0. The highest BCUT2D eigenvalue weighted by atomic mass is 16.3. The van der Waals surface area contributed by atoms with E-state index in [1.165, 1.54) is 25.3 Å². The first-order valence-electron chi connectivity index (χ1n) is 8.07. The van der Waals surface area contributed by atoms with Crippen LogP contribution in [0.3, 0.4) is 0 Å². The van der Waals surface area contributed by atoms with Crippen molar-refractivity contribution in [1.82, 2.24) is 0 Å². The van der Waals surface area contributed by atoms with Crippen LogP contribution in [0.5, 0.6) is 0 Å². The molecule has 1 aromatic heterocycles. The smallest absolute Gasteiger partial charge is 0.248 e. The van der Waals surface area contributed by atoms with E-state index in [1.54, 1.807) is 36.4 Å². The number of hydrogen-bond acceptors (Lipinski definition) is 4. The molecular weight excluding hydrogens is 330 g/mol. The van der Waals surface area contributed by atoms with Gasteiger partial charge in [0.2, 0.25) is 5.91 Å². The highest BCUT2D eigenvalue weighted by Gasteiger charge is 2.09. The lowest BCUT2D eigenvalue weighted by Gasteiger charge is -2.06. The average molecular weight is 347 g/mol. The van der Waals surface area contributed by atoms with Crippen LogP contribution in [0.4, 0.5) is 5.69 Å². The molecule has 3 rings (SSSR count). The van der Waals surface area contributed by atoms with E-state index in [1.807, 2.05) is 13.0 Å². The number of hydrogen-bond donors (Lipinski definition) is 1. The third-order valence-corrected chi connectivity index (χ3v) is 3.93. The minimum absolute atomic E-state index is 0.143. The number of fused-ring (bicyclic) bond motifs is 1. The van der Waals surface area contributed by atoms with Crippen molar-refractivity contribution in [1.29, 1.82) is 0 Å². The SMILES string of the molecule is CC(=O)c1ccccc1NC(=O)/C=C/c1coc2ccc(C)cc2c1=O. The molecule has 0 fully saturated rings. The number of amides is 1. The molecular formula is C21H17NO4. The lowest BCUT2D eigenvalue weighted by molar-refractivity contribution is -0.111. The second kappa shape index (κ2) is 7.19. The van der Waals surface area contributed by atoms with E-state index in [-0.39, 0.29) is 16.8 Å². The Balaban J connectivity index is 1.85. The molecule has 0 saturated heterocycles. The molecule has 0 radical (unpaired) electrons. The third-order valence-electron chi connectivity index (χ3n) is 3.93. The number of carbonyl (C=O) groups excluding carboxylic acids is 2. The molecule has 5 heteroatoms. The van der Waals surface area contributed by atoms with Gasteiger partial charge in [0.15, 0.2) is 11.2 Å². The van der Waals surface area contributed by atoms with Gasteiger partial charge in [0, 0.05) is 11.6 Å². The molecule has 1 amide bonds. The van der Waals surface area contributed by atoms with Gasteiger partial charge in [-0.1, -0.05) is 23.8 Å². The quantitative estimate of drug-likeness (QED) is 0.572. The first kappa shape index (κ1) is 17.4. The summed E-state index contributed by atoms with van der Waals surface area (Å²) in [5.74, 6) is -0.585. The highest BCUT2D eigenvalue weighted by Crippen LogP contribution is 2.16. The Kier molecular flexibility index (Phi) is 4.80. The number of para-hydroxylation sites is 1. The molecule has 0 atom stereocenters. The van der Waals surface area contributed by atoms with Crippen LogP contribution < -0.4 is 10.7 Å². The van der Waals surface area contributed by atoms with Crippen molar-refractivity contribution in [3.05, 3.63) is 81.7 Å². The monoisotopic (exact) mass is 347 g/mol. The minimum Gasteiger partial charge on any atom is -0.463 e. The number of carbonyl (C=O) groups is 2. The van der Waals surface area contributed by atoms with Crippen LogP contribution in [0.15, 0.2) is 64.0 Å². The van der Waals surface area contributed by atoms with Gasteiger partial charge in [-0.25, -0.2) is 0 Å². The van der Waals surface area contributed by atoms with Crippen molar-refractivity contribution in [2.24, 2.45) is 0 Å². The van der Waals surface area contributed by atoms with Crippen molar-refractivity contribution in [2.75, 3.05) is 5.32 Å². The first-order valence-corrected chi connectivity index (χ1v) is 8.07. The van der Waals surface area contributed by atoms with E-state index in [0.717, 1.165) is 5.56 Å². The maximum Gasteiger partial charge on any atom is 0.248 e. The number of aryl methyl sites for hydroxylation is 1. The fraction of sp³-hybridized carbons (Fsp3) is 0.0952. The Morgan fingerprint density at radius 3 is 2.65 bits per heavy atom. The number of benzene rings is 2. The van der Waals surface area contributed by atoms with Gasteiger partial charge in [-0.3, -0.25) is 14.4 Å². The fourth-order valence-corrected chi connectivity index (χ4v) is 2.61. The van der Waals surface area contributed by atoms with Crippen LogP contribution in [0.25, 0.3) is 17.0 Å². The van der Waals surface area contributed by atoms with Crippen LogP contribution in [0.1, 0.15) is 28.4 Å². The second-order valence-corrected chi connectivity index (χ2v) is 5.94. The summed E-state index contributed by atoms with van der Waals surface area (Å²) in [6.45, 7) is 3.32. The van der Waals surface area contributed by atoms with E-state index in [9.17, 15) is 14.4 Å². The van der Waals surface area contributed by atoms with Gasteiger partial charge in [0.05, 0.1) is 16.6 Å². The van der Waals surface area contributed by atoms with Crippen LogP contribution in [-0.2, 0) is 4.79 Å². The normalized spacial score (nSPS) is 11.0. The summed E-state index contributed by atoms with van der Waals surface area (Å²) in [6, 6.07) is 12.1. The molecule has 0 aliphatic rings. The number of ketones is 1. The summed E-state index contributed by atoms with van der Waals surface area (Å²) in [7, 11) is 0. The predicted octanol–water partition coefficient (Wildman–Crippen LogP) is 3.96. The Hall–Kier alpha value is -3.47. The van der Waals surface area contributed by atoms with Gasteiger partial charge in [-0.2, -0.15) is 0 Å². The molecule has 0 aliphatic carbocycles. The summed E-state index contributed by atoms with van der Waals surface area (Å²) in [6.07, 6.45) is 3.97. The fourth-order valence-electron chi connectivity index (χ4n) is 2.61. The molecule has 0 bridgehead atoms. The van der Waals surface area contributed by atoms with E-state index in [0.29, 0.717) is 22.2 Å². The summed E-state index contributed by atoms with van der Waals surface area (Å²) in [5, 5.41) is 3.12. The molecule has 2 aromatic carbocycles. The number of Topliss-reactive ketones (excluding diaryl/α,β-unsaturated/α-hetero) is 1. The molecule has 130 valence electrons. The predicted molar refractivity (Wildman–Crippen MR) is 101 cm³/mol. The summed E-state index contributed by atoms with van der Waals surface area (Å²) in [5.41, 5.74) is 2.37. The molecule has 0 spiro atoms. The van der Waals surface area contributed by atoms with E-state index >= 15 is 0 Å². The van der Waals surface area contributed by atoms with Crippen molar-refractivity contribution in [2.45, 2.75) is 13.8 Å². The molecule has 5 nitrogen and oxygen atoms in total. The lowest BCUT2D eigenvalue weighted by Crippen LogP contribution is -2.12. The Bertz CT molecular complexity index is 1090. The molecule has 26 heavy (non-hydrogen) atoms. The van der Waals surface area contributed by atoms with Crippen molar-refractivity contribution in [3.63, 3.8) is 0 Å². The van der Waals surface area contributed by atoms with Gasteiger partial charge in [0.25, 0.3) is 0 Å². The zero-order chi connectivity index (χ0) is 18.7. The zero-order valence-electron chi connectivity index (χ0n) is 14.4. The second-order valence-electron chi connectivity index (χ2n) is 5.94. The van der Waals surface area contributed by atoms with Crippen LogP contribution in [0.2, 0.25) is 0 Å². The van der Waals surface area contributed by atoms with Crippen molar-refractivity contribution >= 4 is 34.4 Å². The third kappa shape index (κ3) is 3.62. The summed E-state index contributed by atoms with van der Waals surface area (Å²) in [4.78, 5) is 36.3. The van der Waals surface area contributed by atoms with Crippen LogP contribution in [-0.4, -0.2) is 11.7 Å². The molecule has 1 heterocycles. The average Bonchev–Trinajstić information content (AvgIpc) is 2.62. The van der Waals surface area contributed by atoms with Crippen molar-refractivity contribution < 1.29 is 14.0 Å². The number of nitrogens with one attached hydrogen (secondary N) is 1. The van der Waals surface area contributed by atoms with Crippen LogP contribution >= 0.6 is 0 Å². The number of anilines is 1. The summed E-state index contributed by atoms with van der Waals surface area (Å²) < 4.78 is 5.45. The molecule has 0 aliphatic heterocycles. The van der Waals surface area contributed by atoms with Crippen molar-refractivity contribution in [3.8, 4) is 0 Å². The van der Waals surface area contributed by atoms with Gasteiger partial charge >= 0.3 is 0 Å². The molecule has 0 unspecified atom stereocenters. The Morgan fingerprint density at radius 1 is 1.12 bits per heavy atom. The number of rotatable bonds is 4. The van der Waals surface area contributed by atoms with E-state index < -0.39 is 5.91 Å². The van der Waals surface area contributed by atoms with E-state index in [2.05, 4.69) is 5.32 Å². The first-order chi connectivity index (χ1) is 12.5. The Morgan fingerprint density at radius 2 is 1.88 bits per heavy atom. The largest absolute Gasteiger partial charge is 0.463 e. The molecule has 0 saturated carbocycles. The zero-order valence-corrected chi connectivity index (χ0v) is 14.4. The Labute approximate surface area is 150 Å². The van der Waals surface area contributed by atoms with E-state index in [4.69, 9.17) is 4.42 Å². The maximum absolute atomic E-state index is 12.5. The topological polar surface area (TPSA) is 76.4 Å².